The van der Waals surface area contributed by atoms with Gasteiger partial charge in [0.25, 0.3) is 5.91 Å². The van der Waals surface area contributed by atoms with Gasteiger partial charge in [-0.05, 0) is 36.4 Å². The van der Waals surface area contributed by atoms with Crippen molar-refractivity contribution >= 4 is 33.5 Å². The van der Waals surface area contributed by atoms with Gasteiger partial charge in [-0.15, -0.1) is 0 Å². The van der Waals surface area contributed by atoms with Crippen LogP contribution < -0.4 is 5.32 Å². The van der Waals surface area contributed by atoms with E-state index < -0.39 is 0 Å². The fraction of sp³-hybridized carbons (Fsp3) is 0. The van der Waals surface area contributed by atoms with E-state index in [0.717, 1.165) is 16.4 Å². The zero-order valence-electron chi connectivity index (χ0n) is 12.1. The van der Waals surface area contributed by atoms with E-state index in [4.69, 9.17) is 0 Å². The summed E-state index contributed by atoms with van der Waals surface area (Å²) in [4.78, 5) is 25.4. The number of carbonyl (C=O) groups excluding carboxylic acids is 1. The van der Waals surface area contributed by atoms with Gasteiger partial charge in [-0.1, -0.05) is 18.2 Å². The minimum absolute atomic E-state index is 0.282. The predicted molar refractivity (Wildman–Crippen MR) is 89.2 cm³/mol. The third-order valence-corrected chi connectivity index (χ3v) is 3.58. The molecule has 0 bridgehead atoms. The first-order valence-corrected chi connectivity index (χ1v) is 7.18. The molecule has 2 aromatic heterocycles. The molecule has 0 aliphatic rings. The van der Waals surface area contributed by atoms with E-state index in [1.54, 1.807) is 6.20 Å². The van der Waals surface area contributed by atoms with Crippen LogP contribution in [-0.2, 0) is 0 Å². The Morgan fingerprint density at radius 2 is 1.65 bits per heavy atom. The molecule has 4 rings (SSSR count). The molecular weight excluding hydrogens is 288 g/mol. The van der Waals surface area contributed by atoms with Gasteiger partial charge in [-0.25, -0.2) is 4.98 Å². The Morgan fingerprint density at radius 3 is 2.57 bits per heavy atom. The van der Waals surface area contributed by atoms with Crippen molar-refractivity contribution in [1.29, 1.82) is 0 Å². The molecule has 1 N–H and O–H groups in total. The molecule has 0 radical (unpaired) electrons. The Labute approximate surface area is 132 Å². The molecule has 2 aromatic carbocycles. The summed E-state index contributed by atoms with van der Waals surface area (Å²) in [5.41, 5.74) is 3.27. The number of aromatic nitrogens is 3. The minimum Gasteiger partial charge on any atom is -0.320 e. The van der Waals surface area contributed by atoms with Crippen molar-refractivity contribution in [1.82, 2.24) is 15.0 Å². The first kappa shape index (κ1) is 13.3. The summed E-state index contributed by atoms with van der Waals surface area (Å²) in [6, 6.07) is 16.8. The van der Waals surface area contributed by atoms with Crippen LogP contribution in [0.4, 0.5) is 5.69 Å². The molecular formula is C18H12N4O. The van der Waals surface area contributed by atoms with Gasteiger partial charge >= 0.3 is 0 Å². The summed E-state index contributed by atoms with van der Waals surface area (Å²) in [6.07, 6.45) is 3.21. The minimum atomic E-state index is -0.292. The van der Waals surface area contributed by atoms with Crippen LogP contribution in [0.15, 0.2) is 67.0 Å². The van der Waals surface area contributed by atoms with Crippen molar-refractivity contribution in [2.75, 3.05) is 5.32 Å². The normalized spacial score (nSPS) is 10.8. The molecule has 0 atom stereocenters. The molecule has 0 spiro atoms. The zero-order valence-corrected chi connectivity index (χ0v) is 12.1. The molecule has 2 heterocycles. The molecule has 4 aromatic rings. The Bertz CT molecular complexity index is 1020. The third kappa shape index (κ3) is 2.48. The monoisotopic (exact) mass is 300 g/mol. The van der Waals surface area contributed by atoms with Gasteiger partial charge in [0.2, 0.25) is 0 Å². The highest BCUT2D eigenvalue weighted by atomic mass is 16.1. The van der Waals surface area contributed by atoms with Gasteiger partial charge in [-0.3, -0.25) is 14.8 Å². The number of nitrogens with zero attached hydrogens (tertiary/aromatic N) is 3. The van der Waals surface area contributed by atoms with Gasteiger partial charge in [0.05, 0.1) is 28.4 Å². The van der Waals surface area contributed by atoms with E-state index in [9.17, 15) is 4.79 Å². The number of hydrogen-bond acceptors (Lipinski definition) is 4. The Kier molecular flexibility index (Phi) is 3.16. The van der Waals surface area contributed by atoms with Gasteiger partial charge in [0.1, 0.15) is 5.69 Å². The molecule has 5 heteroatoms. The van der Waals surface area contributed by atoms with Crippen LogP contribution >= 0.6 is 0 Å². The average Bonchev–Trinajstić information content (AvgIpc) is 2.61. The van der Waals surface area contributed by atoms with Crippen molar-refractivity contribution in [3.8, 4) is 0 Å². The summed E-state index contributed by atoms with van der Waals surface area (Å²) in [5.74, 6) is -0.292. The maximum Gasteiger partial charge on any atom is 0.275 e. The molecule has 23 heavy (non-hydrogen) atoms. The largest absolute Gasteiger partial charge is 0.320 e. The molecule has 0 fully saturated rings. The summed E-state index contributed by atoms with van der Waals surface area (Å²) in [5, 5.41) is 3.77. The second-order valence-electron chi connectivity index (χ2n) is 5.07. The lowest BCUT2D eigenvalue weighted by Gasteiger charge is -2.08. The fourth-order valence-electron chi connectivity index (χ4n) is 2.47. The number of anilines is 1. The SMILES string of the molecule is O=C(Nc1cccc2ncccc12)c1cnc2ccccc2n1. The summed E-state index contributed by atoms with van der Waals surface area (Å²) >= 11 is 0. The lowest BCUT2D eigenvalue weighted by molar-refractivity contribution is 0.102. The maximum atomic E-state index is 12.5. The van der Waals surface area contributed by atoms with Crippen LogP contribution in [0.1, 0.15) is 10.5 Å². The van der Waals surface area contributed by atoms with Crippen molar-refractivity contribution in [3.63, 3.8) is 0 Å². The number of hydrogen-bond donors (Lipinski definition) is 1. The predicted octanol–water partition coefficient (Wildman–Crippen LogP) is 3.43. The molecule has 0 aliphatic heterocycles. The lowest BCUT2D eigenvalue weighted by Crippen LogP contribution is -2.14. The second-order valence-corrected chi connectivity index (χ2v) is 5.07. The van der Waals surface area contributed by atoms with Crippen molar-refractivity contribution in [2.24, 2.45) is 0 Å². The topological polar surface area (TPSA) is 67.8 Å². The highest BCUT2D eigenvalue weighted by Crippen LogP contribution is 2.21. The fourth-order valence-corrected chi connectivity index (χ4v) is 2.47. The van der Waals surface area contributed by atoms with Gasteiger partial charge < -0.3 is 5.32 Å². The number of nitrogens with one attached hydrogen (secondary N) is 1. The number of carbonyl (C=O) groups is 1. The Balaban J connectivity index is 1.70. The zero-order chi connectivity index (χ0) is 15.6. The number of benzene rings is 2. The smallest absolute Gasteiger partial charge is 0.275 e. The number of rotatable bonds is 2. The van der Waals surface area contributed by atoms with E-state index >= 15 is 0 Å². The van der Waals surface area contributed by atoms with Crippen molar-refractivity contribution < 1.29 is 4.79 Å². The van der Waals surface area contributed by atoms with Crippen LogP contribution in [0.3, 0.4) is 0 Å². The lowest BCUT2D eigenvalue weighted by atomic mass is 10.2. The first-order valence-electron chi connectivity index (χ1n) is 7.18. The van der Waals surface area contributed by atoms with Crippen molar-refractivity contribution in [2.45, 2.75) is 0 Å². The van der Waals surface area contributed by atoms with E-state index in [1.807, 2.05) is 54.6 Å². The van der Waals surface area contributed by atoms with Crippen molar-refractivity contribution in [3.05, 3.63) is 72.7 Å². The molecule has 110 valence electrons. The Hall–Kier alpha value is -3.34. The van der Waals surface area contributed by atoms with E-state index in [1.165, 1.54) is 6.20 Å². The summed E-state index contributed by atoms with van der Waals surface area (Å²) in [6.45, 7) is 0. The third-order valence-electron chi connectivity index (χ3n) is 3.58. The molecule has 0 aliphatic carbocycles. The van der Waals surface area contributed by atoms with Crippen LogP contribution in [0, 0.1) is 0 Å². The number of pyridine rings is 1. The molecule has 5 nitrogen and oxygen atoms in total. The molecule has 0 unspecified atom stereocenters. The number of amides is 1. The van der Waals surface area contributed by atoms with Crippen LogP contribution in [-0.4, -0.2) is 20.9 Å². The van der Waals surface area contributed by atoms with E-state index in [0.29, 0.717) is 11.2 Å². The average molecular weight is 300 g/mol. The van der Waals surface area contributed by atoms with Gasteiger partial charge in [0.15, 0.2) is 0 Å². The number of para-hydroxylation sites is 2. The molecule has 0 saturated carbocycles. The second kappa shape index (κ2) is 5.46. The van der Waals surface area contributed by atoms with Crippen LogP contribution in [0.2, 0.25) is 0 Å². The van der Waals surface area contributed by atoms with Gasteiger partial charge in [-0.2, -0.15) is 0 Å². The number of fused-ring (bicyclic) bond motifs is 2. The molecule has 1 amide bonds. The maximum absolute atomic E-state index is 12.5. The highest BCUT2D eigenvalue weighted by Gasteiger charge is 2.11. The van der Waals surface area contributed by atoms with E-state index in [2.05, 4.69) is 20.3 Å². The van der Waals surface area contributed by atoms with E-state index in [-0.39, 0.29) is 11.6 Å². The Morgan fingerprint density at radius 1 is 0.826 bits per heavy atom. The summed E-state index contributed by atoms with van der Waals surface area (Å²) in [7, 11) is 0. The van der Waals surface area contributed by atoms with Gasteiger partial charge in [0, 0.05) is 11.6 Å². The van der Waals surface area contributed by atoms with Crippen LogP contribution in [0.5, 0.6) is 0 Å². The standard InChI is InChI=1S/C18H12N4O/c23-18(17-11-20-15-6-1-2-7-16(15)21-17)22-14-9-3-8-13-12(14)5-4-10-19-13/h1-11H,(H,22,23). The quantitative estimate of drug-likeness (QED) is 0.616. The first-order chi connectivity index (χ1) is 11.3. The highest BCUT2D eigenvalue weighted by molar-refractivity contribution is 6.08. The summed E-state index contributed by atoms with van der Waals surface area (Å²) < 4.78 is 0. The van der Waals surface area contributed by atoms with Crippen LogP contribution in [0.25, 0.3) is 21.9 Å². The molecule has 0 saturated heterocycles.